The van der Waals surface area contributed by atoms with Crippen molar-refractivity contribution in [3.05, 3.63) is 35.9 Å². The van der Waals surface area contributed by atoms with Gasteiger partial charge < -0.3 is 4.90 Å². The molecule has 1 fully saturated rings. The number of carbonyl (C=O) groups is 1. The number of carbonyl (C=O) groups excluding carboxylic acids is 1. The summed E-state index contributed by atoms with van der Waals surface area (Å²) in [5, 5.41) is 0. The highest BCUT2D eigenvalue weighted by atomic mass is 35.5. The zero-order valence-electron chi connectivity index (χ0n) is 10.1. The number of amides is 1. The molecule has 2 rings (SSSR count). The van der Waals surface area contributed by atoms with Crippen molar-refractivity contribution in [2.45, 2.75) is 25.8 Å². The van der Waals surface area contributed by atoms with Crippen LogP contribution in [0.3, 0.4) is 0 Å². The second-order valence-electron chi connectivity index (χ2n) is 4.66. The maximum absolute atomic E-state index is 12.2. The summed E-state index contributed by atoms with van der Waals surface area (Å²) in [6, 6.07) is 10.5. The largest absolute Gasteiger partial charge is 0.335 e. The van der Waals surface area contributed by atoms with E-state index in [0.29, 0.717) is 5.88 Å². The van der Waals surface area contributed by atoms with Crippen molar-refractivity contribution >= 4 is 17.5 Å². The summed E-state index contributed by atoms with van der Waals surface area (Å²) in [4.78, 5) is 14.2. The van der Waals surface area contributed by atoms with E-state index in [2.05, 4.69) is 12.1 Å². The van der Waals surface area contributed by atoms with Gasteiger partial charge in [-0.1, -0.05) is 37.3 Å². The molecule has 1 amide bonds. The van der Waals surface area contributed by atoms with Crippen molar-refractivity contribution in [3.63, 3.8) is 0 Å². The van der Waals surface area contributed by atoms with Crippen LogP contribution in [0.15, 0.2) is 30.3 Å². The van der Waals surface area contributed by atoms with E-state index < -0.39 is 0 Å². The maximum atomic E-state index is 12.2. The molecule has 1 heterocycles. The van der Waals surface area contributed by atoms with E-state index in [1.807, 2.05) is 30.0 Å². The molecule has 0 radical (unpaired) electrons. The molecule has 1 aromatic rings. The molecule has 1 aromatic carbocycles. The molecule has 0 N–H and O–H groups in total. The molecular weight excluding hydrogens is 234 g/mol. The third-order valence-corrected chi connectivity index (χ3v) is 3.84. The summed E-state index contributed by atoms with van der Waals surface area (Å²) in [5.74, 6) is 0.504. The summed E-state index contributed by atoms with van der Waals surface area (Å²) in [6.07, 6.45) is 2.14. The Morgan fingerprint density at radius 1 is 1.47 bits per heavy atom. The van der Waals surface area contributed by atoms with Crippen LogP contribution in [0.5, 0.6) is 0 Å². The van der Waals surface area contributed by atoms with Gasteiger partial charge in [0.25, 0.3) is 0 Å². The van der Waals surface area contributed by atoms with Gasteiger partial charge in [-0.25, -0.2) is 0 Å². The Bertz CT molecular complexity index is 379. The van der Waals surface area contributed by atoms with Crippen molar-refractivity contribution < 1.29 is 4.79 Å². The quantitative estimate of drug-likeness (QED) is 0.756. The Labute approximate surface area is 108 Å². The minimum absolute atomic E-state index is 0.0824. The lowest BCUT2D eigenvalue weighted by Crippen LogP contribution is -2.35. The molecule has 0 spiro atoms. The van der Waals surface area contributed by atoms with Crippen molar-refractivity contribution in [2.75, 3.05) is 12.4 Å². The molecular formula is C14H18ClNO. The van der Waals surface area contributed by atoms with Crippen molar-refractivity contribution in [2.24, 2.45) is 5.92 Å². The van der Waals surface area contributed by atoms with E-state index in [9.17, 15) is 4.79 Å². The minimum atomic E-state index is -0.0824. The SMILES string of the molecule is CC(CCl)C(=O)N1CCCC1c1ccccc1. The van der Waals surface area contributed by atoms with Gasteiger partial charge in [0.15, 0.2) is 0 Å². The first-order chi connectivity index (χ1) is 8.24. The van der Waals surface area contributed by atoms with Gasteiger partial charge in [0.2, 0.25) is 5.91 Å². The van der Waals surface area contributed by atoms with Crippen LogP contribution in [-0.2, 0) is 4.79 Å². The van der Waals surface area contributed by atoms with Gasteiger partial charge in [-0.05, 0) is 18.4 Å². The van der Waals surface area contributed by atoms with Gasteiger partial charge in [0, 0.05) is 18.3 Å². The Morgan fingerprint density at radius 2 is 2.18 bits per heavy atom. The highest BCUT2D eigenvalue weighted by Crippen LogP contribution is 2.32. The van der Waals surface area contributed by atoms with Crippen LogP contribution in [0.1, 0.15) is 31.4 Å². The first kappa shape index (κ1) is 12.4. The van der Waals surface area contributed by atoms with Crippen LogP contribution in [-0.4, -0.2) is 23.2 Å². The molecule has 0 bridgehead atoms. The molecule has 2 atom stereocenters. The Kier molecular flexibility index (Phi) is 4.06. The third kappa shape index (κ3) is 2.63. The van der Waals surface area contributed by atoms with Crippen LogP contribution >= 0.6 is 11.6 Å². The summed E-state index contributed by atoms with van der Waals surface area (Å²) in [6.45, 7) is 2.76. The molecule has 3 heteroatoms. The van der Waals surface area contributed by atoms with Gasteiger partial charge in [0.05, 0.1) is 6.04 Å². The molecule has 0 aliphatic carbocycles. The van der Waals surface area contributed by atoms with Crippen molar-refractivity contribution in [1.82, 2.24) is 4.90 Å². The normalized spacial score (nSPS) is 21.5. The lowest BCUT2D eigenvalue weighted by molar-refractivity contribution is -0.135. The zero-order chi connectivity index (χ0) is 12.3. The summed E-state index contributed by atoms with van der Waals surface area (Å²) in [7, 11) is 0. The molecule has 1 aliphatic rings. The zero-order valence-corrected chi connectivity index (χ0v) is 10.9. The molecule has 0 saturated carbocycles. The fourth-order valence-electron chi connectivity index (χ4n) is 2.40. The molecule has 17 heavy (non-hydrogen) atoms. The Hall–Kier alpha value is -1.02. The minimum Gasteiger partial charge on any atom is -0.335 e. The number of halogens is 1. The smallest absolute Gasteiger partial charge is 0.227 e. The Morgan fingerprint density at radius 3 is 2.82 bits per heavy atom. The van der Waals surface area contributed by atoms with Crippen LogP contribution < -0.4 is 0 Å². The second-order valence-corrected chi connectivity index (χ2v) is 4.96. The number of alkyl halides is 1. The van der Waals surface area contributed by atoms with Crippen molar-refractivity contribution in [3.8, 4) is 0 Å². The van der Waals surface area contributed by atoms with E-state index in [4.69, 9.17) is 11.6 Å². The number of hydrogen-bond acceptors (Lipinski definition) is 1. The van der Waals surface area contributed by atoms with Gasteiger partial charge in [-0.15, -0.1) is 11.6 Å². The van der Waals surface area contributed by atoms with Gasteiger partial charge in [-0.2, -0.15) is 0 Å². The second kappa shape index (κ2) is 5.54. The average Bonchev–Trinajstić information content (AvgIpc) is 2.87. The lowest BCUT2D eigenvalue weighted by Gasteiger charge is -2.27. The third-order valence-electron chi connectivity index (χ3n) is 3.37. The molecule has 92 valence electrons. The van der Waals surface area contributed by atoms with Crippen LogP contribution in [0.25, 0.3) is 0 Å². The molecule has 2 nitrogen and oxygen atoms in total. The first-order valence-corrected chi connectivity index (χ1v) is 6.69. The maximum Gasteiger partial charge on any atom is 0.227 e. The van der Waals surface area contributed by atoms with Gasteiger partial charge in [0.1, 0.15) is 0 Å². The first-order valence-electron chi connectivity index (χ1n) is 6.15. The van der Waals surface area contributed by atoms with E-state index >= 15 is 0 Å². The van der Waals surface area contributed by atoms with E-state index in [0.717, 1.165) is 19.4 Å². The fourth-order valence-corrected chi connectivity index (χ4v) is 2.53. The highest BCUT2D eigenvalue weighted by Gasteiger charge is 2.31. The number of nitrogens with zero attached hydrogens (tertiary/aromatic N) is 1. The number of benzene rings is 1. The number of rotatable bonds is 3. The predicted octanol–water partition coefficient (Wildman–Crippen LogP) is 3.23. The van der Waals surface area contributed by atoms with Gasteiger partial charge in [-0.3, -0.25) is 4.79 Å². The molecule has 0 aromatic heterocycles. The van der Waals surface area contributed by atoms with E-state index in [-0.39, 0.29) is 17.9 Å². The average molecular weight is 252 g/mol. The van der Waals surface area contributed by atoms with Crippen LogP contribution in [0.2, 0.25) is 0 Å². The molecule has 2 unspecified atom stereocenters. The predicted molar refractivity (Wildman–Crippen MR) is 70.0 cm³/mol. The topological polar surface area (TPSA) is 20.3 Å². The summed E-state index contributed by atoms with van der Waals surface area (Å²) < 4.78 is 0. The molecule has 1 saturated heterocycles. The van der Waals surface area contributed by atoms with Crippen molar-refractivity contribution in [1.29, 1.82) is 0 Å². The molecule has 1 aliphatic heterocycles. The monoisotopic (exact) mass is 251 g/mol. The summed E-state index contributed by atoms with van der Waals surface area (Å²) >= 11 is 5.77. The highest BCUT2D eigenvalue weighted by molar-refractivity contribution is 6.19. The Balaban J connectivity index is 2.15. The van der Waals surface area contributed by atoms with Crippen LogP contribution in [0, 0.1) is 5.92 Å². The van der Waals surface area contributed by atoms with E-state index in [1.165, 1.54) is 5.56 Å². The number of likely N-dealkylation sites (tertiary alicyclic amines) is 1. The van der Waals surface area contributed by atoms with Gasteiger partial charge >= 0.3 is 0 Å². The summed E-state index contributed by atoms with van der Waals surface area (Å²) in [5.41, 5.74) is 1.24. The van der Waals surface area contributed by atoms with Crippen LogP contribution in [0.4, 0.5) is 0 Å². The van der Waals surface area contributed by atoms with E-state index in [1.54, 1.807) is 0 Å². The number of hydrogen-bond donors (Lipinski definition) is 0. The standard InChI is InChI=1S/C14H18ClNO/c1-11(10-15)14(17)16-9-5-8-13(16)12-6-3-2-4-7-12/h2-4,6-7,11,13H,5,8-10H2,1H3. The lowest BCUT2D eigenvalue weighted by atomic mass is 10.0. The fraction of sp³-hybridized carbons (Fsp3) is 0.500.